The van der Waals surface area contributed by atoms with Crippen LogP contribution in [-0.4, -0.2) is 41.5 Å². The van der Waals surface area contributed by atoms with Gasteiger partial charge in [-0.3, -0.25) is 4.79 Å². The van der Waals surface area contributed by atoms with Crippen molar-refractivity contribution in [2.45, 2.75) is 44.1 Å². The van der Waals surface area contributed by atoms with Crippen LogP contribution in [0.5, 0.6) is 0 Å². The average molecular weight is 328 g/mol. The highest BCUT2D eigenvalue weighted by Crippen LogP contribution is 2.40. The normalized spacial score (nSPS) is 21.0. The van der Waals surface area contributed by atoms with Crippen LogP contribution in [0.15, 0.2) is 22.6 Å². The number of carbonyl (C=O) groups is 2. The molecule has 2 aliphatic rings. The van der Waals surface area contributed by atoms with Gasteiger partial charge in [-0.25, -0.2) is 9.78 Å². The molecule has 6 nitrogen and oxygen atoms in total. The quantitative estimate of drug-likeness (QED) is 0.810. The zero-order valence-electron chi connectivity index (χ0n) is 13.7. The number of hydrogen-bond donors (Lipinski definition) is 0. The molecule has 2 fully saturated rings. The molecule has 1 aliphatic carbocycles. The molecule has 1 aliphatic heterocycles. The second-order valence-electron chi connectivity index (χ2n) is 6.54. The van der Waals surface area contributed by atoms with Crippen LogP contribution in [0.4, 0.5) is 0 Å². The first kappa shape index (κ1) is 15.2. The van der Waals surface area contributed by atoms with Gasteiger partial charge in [0.2, 0.25) is 0 Å². The lowest BCUT2D eigenvalue weighted by Gasteiger charge is -2.33. The Morgan fingerprint density at radius 3 is 2.83 bits per heavy atom. The Labute approximate surface area is 139 Å². The third-order valence-electron chi connectivity index (χ3n) is 4.82. The van der Waals surface area contributed by atoms with E-state index < -0.39 is 6.04 Å². The molecule has 1 aromatic carbocycles. The molecule has 1 saturated carbocycles. The summed E-state index contributed by atoms with van der Waals surface area (Å²) in [6.07, 6.45) is 4.71. The zero-order chi connectivity index (χ0) is 16.7. The van der Waals surface area contributed by atoms with Crippen LogP contribution in [0.25, 0.3) is 11.1 Å². The van der Waals surface area contributed by atoms with E-state index in [0.29, 0.717) is 30.0 Å². The van der Waals surface area contributed by atoms with Crippen molar-refractivity contribution in [3.8, 4) is 0 Å². The lowest BCUT2D eigenvalue weighted by atomic mass is 10.0. The molecule has 2 aromatic rings. The Bertz CT molecular complexity index is 793. The predicted octanol–water partition coefficient (Wildman–Crippen LogP) is 2.87. The minimum Gasteiger partial charge on any atom is -0.467 e. The molecule has 126 valence electrons. The molecular weight excluding hydrogens is 308 g/mol. The molecule has 1 atom stereocenters. The second kappa shape index (κ2) is 5.92. The molecule has 6 heteroatoms. The number of aromatic nitrogens is 1. The van der Waals surface area contributed by atoms with Crippen LogP contribution in [0, 0.1) is 0 Å². The van der Waals surface area contributed by atoms with E-state index in [9.17, 15) is 9.59 Å². The van der Waals surface area contributed by atoms with E-state index in [1.165, 1.54) is 7.11 Å². The van der Waals surface area contributed by atoms with E-state index in [0.717, 1.165) is 37.1 Å². The van der Waals surface area contributed by atoms with Gasteiger partial charge in [-0.1, -0.05) is 0 Å². The fourth-order valence-electron chi connectivity index (χ4n) is 3.30. The minimum absolute atomic E-state index is 0.156. The van der Waals surface area contributed by atoms with Gasteiger partial charge in [-0.05, 0) is 50.3 Å². The van der Waals surface area contributed by atoms with Crippen LogP contribution in [0.3, 0.4) is 0 Å². The van der Waals surface area contributed by atoms with Crippen molar-refractivity contribution in [3.05, 3.63) is 29.7 Å². The van der Waals surface area contributed by atoms with Gasteiger partial charge in [0.15, 0.2) is 11.5 Å². The number of methoxy groups -OCH3 is 1. The van der Waals surface area contributed by atoms with Crippen molar-refractivity contribution in [2.75, 3.05) is 13.7 Å². The van der Waals surface area contributed by atoms with Crippen LogP contribution < -0.4 is 0 Å². The fraction of sp³-hybridized carbons (Fsp3) is 0.500. The zero-order valence-corrected chi connectivity index (χ0v) is 13.7. The van der Waals surface area contributed by atoms with Crippen LogP contribution in [0.2, 0.25) is 0 Å². The number of hydrogen-bond acceptors (Lipinski definition) is 5. The van der Waals surface area contributed by atoms with Crippen molar-refractivity contribution in [1.29, 1.82) is 0 Å². The highest BCUT2D eigenvalue weighted by atomic mass is 16.5. The number of fused-ring (bicyclic) bond motifs is 1. The summed E-state index contributed by atoms with van der Waals surface area (Å²) in [5.41, 5.74) is 1.93. The Hall–Kier alpha value is -2.37. The first-order chi connectivity index (χ1) is 11.7. The third kappa shape index (κ3) is 2.66. The maximum Gasteiger partial charge on any atom is 0.328 e. The maximum atomic E-state index is 12.9. The summed E-state index contributed by atoms with van der Waals surface area (Å²) in [6, 6.07) is 4.81. The standard InChI is InChI=1S/C18H20N2O4/c1-23-18(22)14-4-2-3-9-20(14)17(21)12-7-8-13-15(10-12)24-16(19-13)11-5-6-11/h7-8,10-11,14H,2-6,9H2,1H3/t14-/m0/s1. The van der Waals surface area contributed by atoms with Gasteiger partial charge in [-0.15, -0.1) is 0 Å². The summed E-state index contributed by atoms with van der Waals surface area (Å²) in [4.78, 5) is 30.9. The number of carbonyl (C=O) groups excluding carboxylic acids is 2. The molecule has 0 bridgehead atoms. The molecule has 1 aromatic heterocycles. The van der Waals surface area contributed by atoms with Gasteiger partial charge in [-0.2, -0.15) is 0 Å². The van der Waals surface area contributed by atoms with E-state index >= 15 is 0 Å². The van der Waals surface area contributed by atoms with Crippen LogP contribution >= 0.6 is 0 Å². The highest BCUT2D eigenvalue weighted by molar-refractivity contribution is 5.99. The fourth-order valence-corrected chi connectivity index (χ4v) is 3.30. The molecule has 24 heavy (non-hydrogen) atoms. The maximum absolute atomic E-state index is 12.9. The van der Waals surface area contributed by atoms with E-state index in [2.05, 4.69) is 4.98 Å². The molecule has 0 unspecified atom stereocenters. The number of likely N-dealkylation sites (tertiary alicyclic amines) is 1. The number of ether oxygens (including phenoxy) is 1. The summed E-state index contributed by atoms with van der Waals surface area (Å²) in [7, 11) is 1.36. The number of nitrogens with zero attached hydrogens (tertiary/aromatic N) is 2. The molecule has 0 spiro atoms. The third-order valence-corrected chi connectivity index (χ3v) is 4.82. The smallest absolute Gasteiger partial charge is 0.328 e. The molecule has 1 saturated heterocycles. The van der Waals surface area contributed by atoms with Crippen LogP contribution in [-0.2, 0) is 9.53 Å². The number of oxazole rings is 1. The summed E-state index contributed by atoms with van der Waals surface area (Å²) in [6.45, 7) is 0.570. The Balaban J connectivity index is 1.62. The van der Waals surface area contributed by atoms with Gasteiger partial charge < -0.3 is 14.1 Å². The lowest BCUT2D eigenvalue weighted by Crippen LogP contribution is -2.48. The van der Waals surface area contributed by atoms with Crippen molar-refractivity contribution in [1.82, 2.24) is 9.88 Å². The first-order valence-corrected chi connectivity index (χ1v) is 8.46. The van der Waals surface area contributed by atoms with Crippen molar-refractivity contribution < 1.29 is 18.7 Å². The molecule has 4 rings (SSSR count). The van der Waals surface area contributed by atoms with Crippen molar-refractivity contribution in [2.24, 2.45) is 0 Å². The van der Waals surface area contributed by atoms with E-state index in [4.69, 9.17) is 9.15 Å². The SMILES string of the molecule is COC(=O)[C@@H]1CCCCN1C(=O)c1ccc2nc(C3CC3)oc2c1. The summed E-state index contributed by atoms with van der Waals surface area (Å²) < 4.78 is 10.6. The second-order valence-corrected chi connectivity index (χ2v) is 6.54. The minimum atomic E-state index is -0.497. The van der Waals surface area contributed by atoms with Gasteiger partial charge in [0, 0.05) is 18.0 Å². The average Bonchev–Trinajstić information content (AvgIpc) is 3.39. The van der Waals surface area contributed by atoms with E-state index in [1.807, 2.05) is 6.07 Å². The molecule has 2 heterocycles. The van der Waals surface area contributed by atoms with Crippen molar-refractivity contribution in [3.63, 3.8) is 0 Å². The first-order valence-electron chi connectivity index (χ1n) is 8.46. The van der Waals surface area contributed by atoms with Gasteiger partial charge in [0.25, 0.3) is 5.91 Å². The number of benzene rings is 1. The van der Waals surface area contributed by atoms with Gasteiger partial charge in [0.1, 0.15) is 11.6 Å². The highest BCUT2D eigenvalue weighted by Gasteiger charge is 2.34. The van der Waals surface area contributed by atoms with E-state index in [-0.39, 0.29) is 11.9 Å². The molecular formula is C18H20N2O4. The topological polar surface area (TPSA) is 72.6 Å². The Morgan fingerprint density at radius 2 is 2.08 bits per heavy atom. The number of esters is 1. The summed E-state index contributed by atoms with van der Waals surface area (Å²) in [5.74, 6) is 0.693. The lowest BCUT2D eigenvalue weighted by molar-refractivity contribution is -0.147. The molecule has 0 N–H and O–H groups in total. The van der Waals surface area contributed by atoms with Crippen molar-refractivity contribution >= 4 is 23.0 Å². The van der Waals surface area contributed by atoms with Gasteiger partial charge >= 0.3 is 5.97 Å². The monoisotopic (exact) mass is 328 g/mol. The van der Waals surface area contributed by atoms with Gasteiger partial charge in [0.05, 0.1) is 7.11 Å². The van der Waals surface area contributed by atoms with Crippen LogP contribution in [0.1, 0.15) is 54.3 Å². The Kier molecular flexibility index (Phi) is 3.75. The summed E-state index contributed by atoms with van der Waals surface area (Å²) in [5, 5.41) is 0. The van der Waals surface area contributed by atoms with E-state index in [1.54, 1.807) is 17.0 Å². The number of amides is 1. The summed E-state index contributed by atoms with van der Waals surface area (Å²) >= 11 is 0. The number of rotatable bonds is 3. The molecule has 0 radical (unpaired) electrons. The largest absolute Gasteiger partial charge is 0.467 e. The number of piperidine rings is 1. The predicted molar refractivity (Wildman–Crippen MR) is 86.7 cm³/mol. The molecule has 1 amide bonds. The Morgan fingerprint density at radius 1 is 1.25 bits per heavy atom.